The zero-order valence-corrected chi connectivity index (χ0v) is 19.2. The highest BCUT2D eigenvalue weighted by molar-refractivity contribution is 7.93. The van der Waals surface area contributed by atoms with Crippen LogP contribution in [0.15, 0.2) is 84.0 Å². The van der Waals surface area contributed by atoms with E-state index in [4.69, 9.17) is 4.74 Å². The van der Waals surface area contributed by atoms with E-state index in [1.165, 1.54) is 31.6 Å². The molecule has 172 valence electrons. The minimum Gasteiger partial charge on any atom is -0.497 e. The van der Waals surface area contributed by atoms with Crippen LogP contribution in [-0.4, -0.2) is 64.0 Å². The summed E-state index contributed by atoms with van der Waals surface area (Å²) < 4.78 is 32.9. The van der Waals surface area contributed by atoms with E-state index in [1.54, 1.807) is 24.3 Å². The van der Waals surface area contributed by atoms with Crippen LogP contribution in [0.25, 0.3) is 0 Å². The third kappa shape index (κ3) is 5.15. The van der Waals surface area contributed by atoms with Crippen molar-refractivity contribution in [3.8, 4) is 5.75 Å². The molecule has 1 aliphatic rings. The molecule has 0 aliphatic carbocycles. The van der Waals surface area contributed by atoms with Gasteiger partial charge in [-0.15, -0.1) is 0 Å². The number of hydrogen-bond donors (Lipinski definition) is 0. The van der Waals surface area contributed by atoms with Crippen LogP contribution in [0.4, 0.5) is 11.4 Å². The highest BCUT2D eigenvalue weighted by Gasteiger charge is 2.33. The van der Waals surface area contributed by atoms with Crippen molar-refractivity contribution in [3.63, 3.8) is 0 Å². The van der Waals surface area contributed by atoms with E-state index in [1.807, 2.05) is 23.1 Å². The van der Waals surface area contributed by atoms with Gasteiger partial charge in [0, 0.05) is 44.3 Å². The number of carbonyl (C=O) groups excluding carboxylic acids is 1. The zero-order valence-electron chi connectivity index (χ0n) is 18.4. The molecule has 8 nitrogen and oxygen atoms in total. The number of aromatic nitrogens is 1. The number of nitrogens with zero attached hydrogens (tertiary/aromatic N) is 4. The minimum atomic E-state index is -4.13. The summed E-state index contributed by atoms with van der Waals surface area (Å²) in [5.74, 6) is 0.0548. The number of methoxy groups -OCH3 is 1. The molecule has 1 fully saturated rings. The van der Waals surface area contributed by atoms with Crippen molar-refractivity contribution in [3.05, 3.63) is 79.1 Å². The van der Waals surface area contributed by atoms with E-state index in [9.17, 15) is 13.2 Å². The molecule has 1 amide bonds. The van der Waals surface area contributed by atoms with Crippen molar-refractivity contribution >= 4 is 27.3 Å². The SMILES string of the molecule is COc1ccc(N(C(=O)CN2CCN(c3ccccc3)CC2)S(=O)(=O)c2cccnc2)cc1. The van der Waals surface area contributed by atoms with Crippen LogP contribution in [0.5, 0.6) is 5.75 Å². The van der Waals surface area contributed by atoms with E-state index < -0.39 is 15.9 Å². The van der Waals surface area contributed by atoms with Gasteiger partial charge in [-0.3, -0.25) is 14.7 Å². The van der Waals surface area contributed by atoms with Gasteiger partial charge in [-0.2, -0.15) is 0 Å². The van der Waals surface area contributed by atoms with E-state index in [0.717, 1.165) is 23.1 Å². The topological polar surface area (TPSA) is 83.0 Å². The lowest BCUT2D eigenvalue weighted by molar-refractivity contribution is -0.118. The fourth-order valence-corrected chi connectivity index (χ4v) is 5.18. The molecule has 9 heteroatoms. The minimum absolute atomic E-state index is 0.00580. The summed E-state index contributed by atoms with van der Waals surface area (Å²) in [6.45, 7) is 2.83. The monoisotopic (exact) mass is 466 g/mol. The summed E-state index contributed by atoms with van der Waals surface area (Å²) in [4.78, 5) is 21.5. The first kappa shape index (κ1) is 22.8. The van der Waals surface area contributed by atoms with Crippen LogP contribution in [-0.2, 0) is 14.8 Å². The number of rotatable bonds is 7. The number of anilines is 2. The van der Waals surface area contributed by atoms with Crippen LogP contribution >= 0.6 is 0 Å². The second-order valence-corrected chi connectivity index (χ2v) is 9.44. The molecule has 0 spiro atoms. The number of amides is 1. The lowest BCUT2D eigenvalue weighted by Crippen LogP contribution is -2.51. The van der Waals surface area contributed by atoms with Crippen LogP contribution < -0.4 is 13.9 Å². The van der Waals surface area contributed by atoms with Gasteiger partial charge in [0.05, 0.1) is 19.3 Å². The highest BCUT2D eigenvalue weighted by atomic mass is 32.2. The van der Waals surface area contributed by atoms with Crippen molar-refractivity contribution in [2.75, 3.05) is 49.0 Å². The molecule has 0 N–H and O–H groups in total. The van der Waals surface area contributed by atoms with Crippen molar-refractivity contribution < 1.29 is 17.9 Å². The number of benzene rings is 2. The molecule has 2 heterocycles. The van der Waals surface area contributed by atoms with Gasteiger partial charge in [0.15, 0.2) is 0 Å². The molecule has 0 unspecified atom stereocenters. The van der Waals surface area contributed by atoms with Crippen molar-refractivity contribution in [1.29, 1.82) is 0 Å². The van der Waals surface area contributed by atoms with Crippen LogP contribution in [0.2, 0.25) is 0 Å². The maximum atomic E-state index is 13.4. The van der Waals surface area contributed by atoms with Gasteiger partial charge in [0.2, 0.25) is 0 Å². The Balaban J connectivity index is 1.54. The molecule has 33 heavy (non-hydrogen) atoms. The van der Waals surface area contributed by atoms with Crippen LogP contribution in [0.1, 0.15) is 0 Å². The smallest absolute Gasteiger partial charge is 0.272 e. The number of carbonyl (C=O) groups is 1. The number of piperazine rings is 1. The van der Waals surface area contributed by atoms with Gasteiger partial charge in [-0.25, -0.2) is 12.7 Å². The predicted octanol–water partition coefficient (Wildman–Crippen LogP) is 2.63. The first-order valence-corrected chi connectivity index (χ1v) is 12.1. The van der Waals surface area contributed by atoms with E-state index >= 15 is 0 Å². The summed E-state index contributed by atoms with van der Waals surface area (Å²) in [6.07, 6.45) is 2.74. The fourth-order valence-electron chi connectivity index (χ4n) is 3.80. The maximum Gasteiger partial charge on any atom is 0.272 e. The molecule has 0 saturated carbocycles. The van der Waals surface area contributed by atoms with E-state index in [0.29, 0.717) is 18.8 Å². The Labute approximate surface area is 194 Å². The molecular weight excluding hydrogens is 440 g/mol. The molecule has 0 bridgehead atoms. The highest BCUT2D eigenvalue weighted by Crippen LogP contribution is 2.26. The number of pyridine rings is 1. The van der Waals surface area contributed by atoms with Crippen molar-refractivity contribution in [2.24, 2.45) is 0 Å². The van der Waals surface area contributed by atoms with E-state index in [2.05, 4.69) is 22.0 Å². The summed E-state index contributed by atoms with van der Waals surface area (Å²) in [5, 5.41) is 0. The molecule has 1 aromatic heterocycles. The normalized spacial score (nSPS) is 14.6. The van der Waals surface area contributed by atoms with Gasteiger partial charge in [0.1, 0.15) is 10.6 Å². The average Bonchev–Trinajstić information content (AvgIpc) is 2.86. The second-order valence-electron chi connectivity index (χ2n) is 7.65. The van der Waals surface area contributed by atoms with Gasteiger partial charge < -0.3 is 9.64 Å². The number of hydrogen-bond acceptors (Lipinski definition) is 7. The Hall–Kier alpha value is -3.43. The van der Waals surface area contributed by atoms with Crippen molar-refractivity contribution in [1.82, 2.24) is 9.88 Å². The molecule has 2 aromatic carbocycles. The predicted molar refractivity (Wildman–Crippen MR) is 127 cm³/mol. The van der Waals surface area contributed by atoms with Gasteiger partial charge in [-0.05, 0) is 48.5 Å². The summed E-state index contributed by atoms with van der Waals surface area (Å²) in [6, 6.07) is 19.5. The third-order valence-electron chi connectivity index (χ3n) is 5.56. The molecule has 0 atom stereocenters. The lowest BCUT2D eigenvalue weighted by Gasteiger charge is -2.36. The Morgan fingerprint density at radius 2 is 1.67 bits per heavy atom. The standard InChI is InChI=1S/C24H26N4O4S/c1-32-22-11-9-21(10-12-22)28(33(30,31)23-8-5-13-25-18-23)24(29)19-26-14-16-27(17-15-26)20-6-3-2-4-7-20/h2-13,18H,14-17,19H2,1H3. The number of para-hydroxylation sites is 1. The summed E-state index contributed by atoms with van der Waals surface area (Å²) in [5.41, 5.74) is 1.40. The summed E-state index contributed by atoms with van der Waals surface area (Å²) >= 11 is 0. The fraction of sp³-hybridized carbons (Fsp3) is 0.250. The van der Waals surface area contributed by atoms with Gasteiger partial charge in [-0.1, -0.05) is 18.2 Å². The van der Waals surface area contributed by atoms with Crippen LogP contribution in [0, 0.1) is 0 Å². The first-order chi connectivity index (χ1) is 16.0. The van der Waals surface area contributed by atoms with E-state index in [-0.39, 0.29) is 17.1 Å². The Kier molecular flexibility index (Phi) is 6.90. The van der Waals surface area contributed by atoms with Gasteiger partial charge >= 0.3 is 0 Å². The Morgan fingerprint density at radius 1 is 0.970 bits per heavy atom. The average molecular weight is 467 g/mol. The van der Waals surface area contributed by atoms with Crippen molar-refractivity contribution in [2.45, 2.75) is 4.90 Å². The van der Waals surface area contributed by atoms with Crippen LogP contribution in [0.3, 0.4) is 0 Å². The molecule has 1 saturated heterocycles. The Bertz CT molecular complexity index is 1160. The number of ether oxygens (including phenoxy) is 1. The molecule has 3 aromatic rings. The maximum absolute atomic E-state index is 13.4. The molecule has 1 aliphatic heterocycles. The Morgan fingerprint density at radius 3 is 2.27 bits per heavy atom. The third-order valence-corrected chi connectivity index (χ3v) is 7.29. The molecule has 0 radical (unpaired) electrons. The number of sulfonamides is 1. The quantitative estimate of drug-likeness (QED) is 0.529. The first-order valence-electron chi connectivity index (χ1n) is 10.6. The lowest BCUT2D eigenvalue weighted by atomic mass is 10.2. The van der Waals surface area contributed by atoms with Gasteiger partial charge in [0.25, 0.3) is 15.9 Å². The summed E-state index contributed by atoms with van der Waals surface area (Å²) in [7, 11) is -2.61. The second kappa shape index (κ2) is 10.0. The molecule has 4 rings (SSSR count). The largest absolute Gasteiger partial charge is 0.497 e. The zero-order chi connectivity index (χ0) is 23.3. The molecular formula is C24H26N4O4S.